The summed E-state index contributed by atoms with van der Waals surface area (Å²) in [6, 6.07) is 14.2. The van der Waals surface area contributed by atoms with Crippen LogP contribution in [0.1, 0.15) is 63.8 Å². The molecule has 1 aliphatic heterocycles. The van der Waals surface area contributed by atoms with Gasteiger partial charge >= 0.3 is 0 Å². The molecule has 1 amide bonds. The Morgan fingerprint density at radius 3 is 2.11 bits per heavy atom. The van der Waals surface area contributed by atoms with Crippen LogP contribution >= 0.6 is 0 Å². The van der Waals surface area contributed by atoms with Crippen LogP contribution in [0.3, 0.4) is 0 Å². The number of ketones is 1. The summed E-state index contributed by atoms with van der Waals surface area (Å²) in [5.74, 6) is -0.731. The van der Waals surface area contributed by atoms with Crippen LogP contribution in [0, 0.1) is 0 Å². The predicted molar refractivity (Wildman–Crippen MR) is 140 cm³/mol. The van der Waals surface area contributed by atoms with Gasteiger partial charge in [-0.3, -0.25) is 9.59 Å². The van der Waals surface area contributed by atoms with E-state index in [4.69, 9.17) is 4.74 Å². The zero-order chi connectivity index (χ0) is 25.8. The number of Topliss-reactive ketones (excluding diaryl/α,β-unsaturated/α-hetero) is 1. The molecule has 6 heteroatoms. The maximum atomic E-state index is 13.2. The van der Waals surface area contributed by atoms with Gasteiger partial charge in [0, 0.05) is 12.1 Å². The van der Waals surface area contributed by atoms with Crippen LogP contribution in [0.5, 0.6) is 5.75 Å². The molecule has 6 nitrogen and oxygen atoms in total. The van der Waals surface area contributed by atoms with Gasteiger partial charge in [-0.15, -0.1) is 0 Å². The molecule has 1 atom stereocenters. The molecule has 0 radical (unpaired) electrons. The maximum Gasteiger partial charge on any atom is 0.295 e. The second-order valence-electron chi connectivity index (χ2n) is 9.97. The lowest BCUT2D eigenvalue weighted by Crippen LogP contribution is -2.33. The quantitative estimate of drug-likeness (QED) is 0.307. The predicted octanol–water partition coefficient (Wildman–Crippen LogP) is 5.15. The lowest BCUT2D eigenvalue weighted by Gasteiger charge is -2.27. The van der Waals surface area contributed by atoms with Gasteiger partial charge in [-0.2, -0.15) is 0 Å². The van der Waals surface area contributed by atoms with E-state index in [1.807, 2.05) is 24.3 Å². The number of hydrogen-bond acceptors (Lipinski definition) is 5. The fourth-order valence-electron chi connectivity index (χ4n) is 4.53. The van der Waals surface area contributed by atoms with Crippen molar-refractivity contribution in [2.24, 2.45) is 0 Å². The highest BCUT2D eigenvalue weighted by Crippen LogP contribution is 2.40. The summed E-state index contributed by atoms with van der Waals surface area (Å²) in [4.78, 5) is 30.3. The maximum absolute atomic E-state index is 13.2. The van der Waals surface area contributed by atoms with Gasteiger partial charge in [0.05, 0.1) is 18.7 Å². The Balaban J connectivity index is 2.04. The largest absolute Gasteiger partial charge is 0.507 e. The van der Waals surface area contributed by atoms with Crippen LogP contribution < -0.4 is 4.74 Å². The van der Waals surface area contributed by atoms with Gasteiger partial charge in [0.25, 0.3) is 11.7 Å². The van der Waals surface area contributed by atoms with Crippen molar-refractivity contribution < 1.29 is 19.4 Å². The second kappa shape index (κ2) is 11.1. The minimum Gasteiger partial charge on any atom is -0.507 e. The third kappa shape index (κ3) is 5.76. The molecule has 188 valence electrons. The van der Waals surface area contributed by atoms with Crippen LogP contribution in [0.4, 0.5) is 0 Å². The number of aliphatic hydroxyl groups is 1. The number of benzene rings is 2. The van der Waals surface area contributed by atoms with Crippen molar-refractivity contribution in [2.75, 3.05) is 33.3 Å². The fourth-order valence-corrected chi connectivity index (χ4v) is 4.53. The van der Waals surface area contributed by atoms with E-state index in [-0.39, 0.29) is 16.7 Å². The summed E-state index contributed by atoms with van der Waals surface area (Å²) < 4.78 is 5.21. The van der Waals surface area contributed by atoms with E-state index in [1.54, 1.807) is 36.3 Å². The molecule has 0 spiro atoms. The highest BCUT2D eigenvalue weighted by atomic mass is 16.5. The molecule has 0 aliphatic carbocycles. The van der Waals surface area contributed by atoms with Crippen molar-refractivity contribution in [1.29, 1.82) is 0 Å². The Kier molecular flexibility index (Phi) is 8.39. The highest BCUT2D eigenvalue weighted by Gasteiger charge is 2.45. The molecule has 1 N–H and O–H groups in total. The Hall–Kier alpha value is -3.12. The van der Waals surface area contributed by atoms with Gasteiger partial charge < -0.3 is 19.6 Å². The number of carbonyl (C=O) groups excluding carboxylic acids is 2. The van der Waals surface area contributed by atoms with E-state index < -0.39 is 17.7 Å². The van der Waals surface area contributed by atoms with Gasteiger partial charge in [-0.25, -0.2) is 0 Å². The van der Waals surface area contributed by atoms with E-state index in [0.717, 1.165) is 37.2 Å². The minimum absolute atomic E-state index is 0.0206. The number of hydrogen-bond donors (Lipinski definition) is 1. The smallest absolute Gasteiger partial charge is 0.295 e. The van der Waals surface area contributed by atoms with Gasteiger partial charge in [0.2, 0.25) is 0 Å². The number of methoxy groups -OCH3 is 1. The molecule has 1 aliphatic rings. The summed E-state index contributed by atoms with van der Waals surface area (Å²) in [6.07, 6.45) is 0.744. The van der Waals surface area contributed by atoms with Gasteiger partial charge in [-0.05, 0) is 66.9 Å². The topological polar surface area (TPSA) is 70.1 Å². The molecule has 1 fully saturated rings. The van der Waals surface area contributed by atoms with E-state index in [1.165, 1.54) is 0 Å². The monoisotopic (exact) mass is 478 g/mol. The minimum atomic E-state index is -0.647. The first-order chi connectivity index (χ1) is 16.6. The van der Waals surface area contributed by atoms with Crippen molar-refractivity contribution in [1.82, 2.24) is 9.80 Å². The summed E-state index contributed by atoms with van der Waals surface area (Å²) in [7, 11) is 1.57. The molecule has 1 heterocycles. The standard InChI is InChI=1S/C29H38N2O4/c1-7-30(8-2)18-9-19-31-25(20-10-14-22(15-11-20)29(3,4)5)24(27(33)28(31)34)26(32)21-12-16-23(35-6)17-13-21/h10-17,25,32H,7-9,18-19H2,1-6H3/b26-24+/t25-/m0/s1. The van der Waals surface area contributed by atoms with Crippen molar-refractivity contribution in [3.8, 4) is 5.75 Å². The Labute approximate surface area is 209 Å². The van der Waals surface area contributed by atoms with Crippen molar-refractivity contribution >= 4 is 17.4 Å². The van der Waals surface area contributed by atoms with Crippen molar-refractivity contribution in [3.05, 3.63) is 70.8 Å². The third-order valence-electron chi connectivity index (χ3n) is 6.76. The molecular weight excluding hydrogens is 440 g/mol. The summed E-state index contributed by atoms with van der Waals surface area (Å²) in [6.45, 7) is 13.8. The van der Waals surface area contributed by atoms with Gasteiger partial charge in [-0.1, -0.05) is 58.9 Å². The van der Waals surface area contributed by atoms with Crippen molar-refractivity contribution in [3.63, 3.8) is 0 Å². The van der Waals surface area contributed by atoms with E-state index >= 15 is 0 Å². The first kappa shape index (κ1) is 26.5. The van der Waals surface area contributed by atoms with Crippen molar-refractivity contribution in [2.45, 2.75) is 52.5 Å². The molecule has 0 bridgehead atoms. The van der Waals surface area contributed by atoms with Crippen LogP contribution in [-0.4, -0.2) is 59.9 Å². The SMILES string of the molecule is CCN(CC)CCCN1C(=O)C(=O)/C(=C(/O)c2ccc(OC)cc2)[C@@H]1c1ccc(C(C)(C)C)cc1. The first-order valence-corrected chi connectivity index (χ1v) is 12.4. The van der Waals surface area contributed by atoms with Gasteiger partial charge in [0.15, 0.2) is 0 Å². The number of amides is 1. The Bertz CT molecular complexity index is 1060. The fraction of sp³-hybridized carbons (Fsp3) is 0.448. The average molecular weight is 479 g/mol. The molecular formula is C29H38N2O4. The molecule has 2 aromatic rings. The second-order valence-corrected chi connectivity index (χ2v) is 9.97. The van der Waals surface area contributed by atoms with Crippen LogP contribution in [0.2, 0.25) is 0 Å². The Morgan fingerprint density at radius 2 is 1.60 bits per heavy atom. The lowest BCUT2D eigenvalue weighted by molar-refractivity contribution is -0.140. The van der Waals surface area contributed by atoms with Crippen LogP contribution in [0.15, 0.2) is 54.1 Å². The summed E-state index contributed by atoms with van der Waals surface area (Å²) in [5, 5.41) is 11.2. The summed E-state index contributed by atoms with van der Waals surface area (Å²) >= 11 is 0. The number of aliphatic hydroxyl groups excluding tert-OH is 1. The third-order valence-corrected chi connectivity index (χ3v) is 6.76. The zero-order valence-corrected chi connectivity index (χ0v) is 21.8. The highest BCUT2D eigenvalue weighted by molar-refractivity contribution is 6.46. The molecule has 0 unspecified atom stereocenters. The summed E-state index contributed by atoms with van der Waals surface area (Å²) in [5.41, 5.74) is 2.56. The molecule has 0 aromatic heterocycles. The number of likely N-dealkylation sites (tertiary alicyclic amines) is 1. The lowest BCUT2D eigenvalue weighted by atomic mass is 9.85. The van der Waals surface area contributed by atoms with Crippen LogP contribution in [-0.2, 0) is 15.0 Å². The molecule has 0 saturated carbocycles. The number of carbonyl (C=O) groups is 2. The van der Waals surface area contributed by atoms with E-state index in [2.05, 4.69) is 39.5 Å². The number of rotatable bonds is 9. The molecule has 3 rings (SSSR count). The number of nitrogens with zero attached hydrogens (tertiary/aromatic N) is 2. The normalized spacial score (nSPS) is 17.9. The molecule has 2 aromatic carbocycles. The Morgan fingerprint density at radius 1 is 1.00 bits per heavy atom. The average Bonchev–Trinajstić information content (AvgIpc) is 3.10. The molecule has 35 heavy (non-hydrogen) atoms. The van der Waals surface area contributed by atoms with E-state index in [0.29, 0.717) is 17.9 Å². The van der Waals surface area contributed by atoms with Crippen LogP contribution in [0.25, 0.3) is 5.76 Å². The zero-order valence-electron chi connectivity index (χ0n) is 21.8. The molecule has 1 saturated heterocycles. The van der Waals surface area contributed by atoms with E-state index in [9.17, 15) is 14.7 Å². The first-order valence-electron chi connectivity index (χ1n) is 12.4. The van der Waals surface area contributed by atoms with Gasteiger partial charge in [0.1, 0.15) is 11.5 Å². The number of ether oxygens (including phenoxy) is 1.